The average molecular weight is 267 g/mol. The van der Waals surface area contributed by atoms with Crippen LogP contribution in [-0.2, 0) is 12.8 Å². The highest BCUT2D eigenvalue weighted by Gasteiger charge is 2.25. The molecular formula is C17H21N3. The highest BCUT2D eigenvalue weighted by Crippen LogP contribution is 2.34. The van der Waals surface area contributed by atoms with Gasteiger partial charge in [-0.05, 0) is 54.4 Å². The minimum absolute atomic E-state index is 0.1000. The first-order valence-electron chi connectivity index (χ1n) is 7.28. The Hall–Kier alpha value is -1.87. The summed E-state index contributed by atoms with van der Waals surface area (Å²) in [6, 6.07) is 12.7. The van der Waals surface area contributed by atoms with E-state index in [1.165, 1.54) is 30.4 Å². The van der Waals surface area contributed by atoms with Gasteiger partial charge in [0.2, 0.25) is 0 Å². The molecule has 1 aromatic carbocycles. The zero-order valence-electron chi connectivity index (χ0n) is 11.6. The molecule has 3 nitrogen and oxygen atoms in total. The van der Waals surface area contributed by atoms with Crippen LogP contribution in [-0.4, -0.2) is 11.0 Å². The summed E-state index contributed by atoms with van der Waals surface area (Å²) < 4.78 is 0. The maximum atomic E-state index is 6.48. The van der Waals surface area contributed by atoms with Crippen molar-refractivity contribution in [2.45, 2.75) is 37.6 Å². The summed E-state index contributed by atoms with van der Waals surface area (Å²) in [5.41, 5.74) is 16.3. The van der Waals surface area contributed by atoms with Crippen molar-refractivity contribution in [3.8, 4) is 0 Å². The molecule has 1 heterocycles. The summed E-state index contributed by atoms with van der Waals surface area (Å²) >= 11 is 0. The average Bonchev–Trinajstić information content (AvgIpc) is 2.49. The van der Waals surface area contributed by atoms with Crippen LogP contribution in [0, 0.1) is 0 Å². The lowest BCUT2D eigenvalue weighted by molar-refractivity contribution is 0.460. The van der Waals surface area contributed by atoms with E-state index in [0.29, 0.717) is 11.7 Å². The molecule has 0 bridgehead atoms. The molecule has 4 N–H and O–H groups in total. The van der Waals surface area contributed by atoms with Crippen molar-refractivity contribution in [1.29, 1.82) is 0 Å². The Morgan fingerprint density at radius 3 is 2.90 bits per heavy atom. The number of anilines is 1. The molecule has 0 saturated carbocycles. The number of nitrogens with two attached hydrogens (primary N) is 2. The smallest absolute Gasteiger partial charge is 0.126 e. The van der Waals surface area contributed by atoms with E-state index >= 15 is 0 Å². The normalized spacial score (nSPS) is 19.4. The molecule has 0 amide bonds. The molecule has 1 aromatic heterocycles. The van der Waals surface area contributed by atoms with Gasteiger partial charge in [0, 0.05) is 12.2 Å². The van der Waals surface area contributed by atoms with Gasteiger partial charge in [0.05, 0.1) is 0 Å². The fraction of sp³-hybridized carbons (Fsp3) is 0.353. The van der Waals surface area contributed by atoms with E-state index in [4.69, 9.17) is 11.5 Å². The first-order chi connectivity index (χ1) is 9.75. The Morgan fingerprint density at radius 2 is 2.05 bits per heavy atom. The Bertz CT molecular complexity index is 594. The van der Waals surface area contributed by atoms with E-state index in [9.17, 15) is 0 Å². The molecule has 104 valence electrons. The maximum Gasteiger partial charge on any atom is 0.126 e. The van der Waals surface area contributed by atoms with Gasteiger partial charge in [0.15, 0.2) is 0 Å². The van der Waals surface area contributed by atoms with Gasteiger partial charge in [-0.15, -0.1) is 0 Å². The van der Waals surface area contributed by atoms with Crippen molar-refractivity contribution in [2.75, 3.05) is 5.73 Å². The second-order valence-electron chi connectivity index (χ2n) is 5.61. The van der Waals surface area contributed by atoms with Crippen LogP contribution in [0.2, 0.25) is 0 Å². The van der Waals surface area contributed by atoms with Crippen molar-refractivity contribution in [3.63, 3.8) is 0 Å². The summed E-state index contributed by atoms with van der Waals surface area (Å²) in [5, 5.41) is 0. The van der Waals surface area contributed by atoms with Crippen LogP contribution >= 0.6 is 0 Å². The quantitative estimate of drug-likeness (QED) is 0.898. The van der Waals surface area contributed by atoms with E-state index in [0.717, 1.165) is 12.0 Å². The van der Waals surface area contributed by atoms with E-state index in [1.54, 1.807) is 6.20 Å². The van der Waals surface area contributed by atoms with Crippen LogP contribution in [0.25, 0.3) is 0 Å². The lowest BCUT2D eigenvalue weighted by Crippen LogP contribution is -2.33. The highest BCUT2D eigenvalue weighted by molar-refractivity contribution is 5.40. The fourth-order valence-corrected chi connectivity index (χ4v) is 3.26. The highest BCUT2D eigenvalue weighted by atomic mass is 14.8. The lowest BCUT2D eigenvalue weighted by Gasteiger charge is -2.30. The van der Waals surface area contributed by atoms with E-state index in [2.05, 4.69) is 29.2 Å². The molecule has 0 saturated heterocycles. The van der Waals surface area contributed by atoms with Gasteiger partial charge in [0.1, 0.15) is 5.82 Å². The van der Waals surface area contributed by atoms with Crippen LogP contribution in [0.4, 0.5) is 5.82 Å². The Kier molecular flexibility index (Phi) is 3.70. The van der Waals surface area contributed by atoms with Gasteiger partial charge < -0.3 is 11.5 Å². The lowest BCUT2D eigenvalue weighted by atomic mass is 9.77. The van der Waals surface area contributed by atoms with E-state index < -0.39 is 0 Å². The number of aryl methyl sites for hydroxylation is 1. The number of hydrogen-bond acceptors (Lipinski definition) is 3. The van der Waals surface area contributed by atoms with Gasteiger partial charge in [-0.25, -0.2) is 4.98 Å². The topological polar surface area (TPSA) is 64.9 Å². The second-order valence-corrected chi connectivity index (χ2v) is 5.61. The summed E-state index contributed by atoms with van der Waals surface area (Å²) in [6.45, 7) is 0. The number of nitrogen functional groups attached to an aromatic ring is 1. The third-order valence-electron chi connectivity index (χ3n) is 4.31. The standard InChI is InChI=1S/C17H21N3/c18-16(11-13-7-4-10-20-17(13)19)15-9-3-6-12-5-1-2-8-14(12)15/h1-2,4-5,7-8,10,15-16H,3,6,9,11,18H2,(H2,19,20). The van der Waals surface area contributed by atoms with Gasteiger partial charge >= 0.3 is 0 Å². The monoisotopic (exact) mass is 267 g/mol. The number of fused-ring (bicyclic) bond motifs is 1. The fourth-order valence-electron chi connectivity index (χ4n) is 3.26. The van der Waals surface area contributed by atoms with Gasteiger partial charge in [-0.3, -0.25) is 0 Å². The van der Waals surface area contributed by atoms with Gasteiger partial charge in [-0.2, -0.15) is 0 Å². The maximum absolute atomic E-state index is 6.48. The largest absolute Gasteiger partial charge is 0.383 e. The molecule has 0 spiro atoms. The third kappa shape index (κ3) is 2.54. The molecule has 0 fully saturated rings. The molecule has 1 aliphatic carbocycles. The van der Waals surface area contributed by atoms with Gasteiger partial charge in [-0.1, -0.05) is 30.3 Å². The molecule has 2 atom stereocenters. The minimum Gasteiger partial charge on any atom is -0.383 e. The van der Waals surface area contributed by atoms with Crippen LogP contribution in [0.3, 0.4) is 0 Å². The first kappa shape index (κ1) is 13.1. The number of pyridine rings is 1. The van der Waals surface area contributed by atoms with Crippen molar-refractivity contribution < 1.29 is 0 Å². The summed E-state index contributed by atoms with van der Waals surface area (Å²) in [7, 11) is 0. The summed E-state index contributed by atoms with van der Waals surface area (Å²) in [4.78, 5) is 4.14. The van der Waals surface area contributed by atoms with Gasteiger partial charge in [0.25, 0.3) is 0 Å². The molecule has 3 rings (SSSR count). The predicted molar refractivity (Wildman–Crippen MR) is 82.4 cm³/mol. The number of hydrogen-bond donors (Lipinski definition) is 2. The number of rotatable bonds is 3. The van der Waals surface area contributed by atoms with Crippen LogP contribution < -0.4 is 11.5 Å². The van der Waals surface area contributed by atoms with Crippen molar-refractivity contribution in [3.05, 3.63) is 59.3 Å². The summed E-state index contributed by atoms with van der Waals surface area (Å²) in [5.74, 6) is 1.03. The zero-order valence-corrected chi connectivity index (χ0v) is 11.6. The third-order valence-corrected chi connectivity index (χ3v) is 4.31. The SMILES string of the molecule is Nc1ncccc1CC(N)C1CCCc2ccccc21. The molecule has 2 unspecified atom stereocenters. The van der Waals surface area contributed by atoms with Crippen LogP contribution in [0.1, 0.15) is 35.4 Å². The molecule has 3 heteroatoms. The Balaban J connectivity index is 1.82. The number of benzene rings is 1. The number of aromatic nitrogens is 1. The van der Waals surface area contributed by atoms with E-state index in [-0.39, 0.29) is 6.04 Å². The minimum atomic E-state index is 0.1000. The van der Waals surface area contributed by atoms with Crippen molar-refractivity contribution in [1.82, 2.24) is 4.98 Å². The summed E-state index contributed by atoms with van der Waals surface area (Å²) in [6.07, 6.45) is 6.07. The molecular weight excluding hydrogens is 246 g/mol. The van der Waals surface area contributed by atoms with Crippen LogP contribution in [0.5, 0.6) is 0 Å². The number of nitrogens with zero attached hydrogens (tertiary/aromatic N) is 1. The van der Waals surface area contributed by atoms with E-state index in [1.807, 2.05) is 12.1 Å². The molecule has 20 heavy (non-hydrogen) atoms. The zero-order chi connectivity index (χ0) is 13.9. The molecule has 0 aliphatic heterocycles. The molecule has 2 aromatic rings. The molecule has 0 radical (unpaired) electrons. The predicted octanol–water partition coefficient (Wildman–Crippen LogP) is 2.65. The van der Waals surface area contributed by atoms with Crippen molar-refractivity contribution >= 4 is 5.82 Å². The van der Waals surface area contributed by atoms with Crippen molar-refractivity contribution in [2.24, 2.45) is 5.73 Å². The Labute approximate surface area is 120 Å². The second kappa shape index (κ2) is 5.63. The molecule has 1 aliphatic rings. The van der Waals surface area contributed by atoms with Crippen LogP contribution in [0.15, 0.2) is 42.6 Å². The Morgan fingerprint density at radius 1 is 1.20 bits per heavy atom. The first-order valence-corrected chi connectivity index (χ1v) is 7.28.